The van der Waals surface area contributed by atoms with Gasteiger partial charge in [-0.25, -0.2) is 0 Å². The van der Waals surface area contributed by atoms with Crippen molar-refractivity contribution in [3.63, 3.8) is 0 Å². The Morgan fingerprint density at radius 3 is 2.90 bits per heavy atom. The minimum Gasteiger partial charge on any atom is -0.355 e. The number of carbonyl (C=O) groups excluding carboxylic acids is 1. The van der Waals surface area contributed by atoms with E-state index in [9.17, 15) is 4.79 Å². The van der Waals surface area contributed by atoms with Gasteiger partial charge in [0.15, 0.2) is 0 Å². The summed E-state index contributed by atoms with van der Waals surface area (Å²) in [6.45, 7) is 0.775. The second-order valence-electron chi connectivity index (χ2n) is 7.05. The second kappa shape index (κ2) is 5.13. The van der Waals surface area contributed by atoms with Gasteiger partial charge in [-0.2, -0.15) is 0 Å². The molecule has 4 rings (SSSR count). The largest absolute Gasteiger partial charge is 0.355 e. The molecule has 1 aromatic carbocycles. The molecule has 5 atom stereocenters. The Morgan fingerprint density at radius 2 is 2.10 bits per heavy atom. The summed E-state index contributed by atoms with van der Waals surface area (Å²) >= 11 is 0. The van der Waals surface area contributed by atoms with Crippen molar-refractivity contribution in [2.24, 2.45) is 23.5 Å². The van der Waals surface area contributed by atoms with Gasteiger partial charge in [-0.15, -0.1) is 0 Å². The quantitative estimate of drug-likeness (QED) is 0.894. The summed E-state index contributed by atoms with van der Waals surface area (Å²) in [6, 6.07) is 8.93. The molecule has 3 heteroatoms. The molecule has 0 saturated heterocycles. The smallest absolute Gasteiger partial charge is 0.224 e. The van der Waals surface area contributed by atoms with Crippen LogP contribution in [0.1, 0.15) is 42.7 Å². The van der Waals surface area contributed by atoms with Crippen LogP contribution in [0.2, 0.25) is 0 Å². The van der Waals surface area contributed by atoms with E-state index < -0.39 is 0 Å². The van der Waals surface area contributed by atoms with Gasteiger partial charge in [0.2, 0.25) is 5.91 Å². The van der Waals surface area contributed by atoms with Crippen molar-refractivity contribution in [2.75, 3.05) is 6.54 Å². The van der Waals surface area contributed by atoms with E-state index in [1.807, 2.05) is 0 Å². The van der Waals surface area contributed by atoms with Crippen molar-refractivity contribution in [1.82, 2.24) is 5.32 Å². The maximum Gasteiger partial charge on any atom is 0.224 e. The summed E-state index contributed by atoms with van der Waals surface area (Å²) in [5.74, 6) is 2.03. The van der Waals surface area contributed by atoms with Crippen molar-refractivity contribution in [3.05, 3.63) is 35.4 Å². The summed E-state index contributed by atoms with van der Waals surface area (Å²) in [6.07, 6.45) is 5.80. The number of nitrogens with one attached hydrogen (secondary N) is 1. The molecule has 112 valence electrons. The summed E-state index contributed by atoms with van der Waals surface area (Å²) < 4.78 is 0. The molecule has 3 N–H and O–H groups in total. The molecule has 2 saturated carbocycles. The average molecular weight is 284 g/mol. The predicted molar refractivity (Wildman–Crippen MR) is 82.8 cm³/mol. The lowest BCUT2D eigenvalue weighted by Gasteiger charge is -2.16. The highest BCUT2D eigenvalue weighted by atomic mass is 16.2. The molecule has 3 aliphatic carbocycles. The summed E-state index contributed by atoms with van der Waals surface area (Å²) in [4.78, 5) is 12.5. The number of benzene rings is 1. The van der Waals surface area contributed by atoms with Crippen LogP contribution in [0.25, 0.3) is 0 Å². The van der Waals surface area contributed by atoms with Crippen LogP contribution in [0.3, 0.4) is 0 Å². The summed E-state index contributed by atoms with van der Waals surface area (Å²) in [7, 11) is 0. The zero-order valence-electron chi connectivity index (χ0n) is 12.4. The minimum absolute atomic E-state index is 0.214. The maximum atomic E-state index is 12.5. The topological polar surface area (TPSA) is 55.1 Å². The number of nitrogens with two attached hydrogens (primary N) is 1. The van der Waals surface area contributed by atoms with Gasteiger partial charge in [-0.3, -0.25) is 4.79 Å². The highest BCUT2D eigenvalue weighted by Gasteiger charge is 2.56. The minimum atomic E-state index is 0.214. The Morgan fingerprint density at radius 1 is 1.24 bits per heavy atom. The summed E-state index contributed by atoms with van der Waals surface area (Å²) in [5, 5.41) is 3.19. The Labute approximate surface area is 126 Å². The Hall–Kier alpha value is -1.35. The Balaban J connectivity index is 1.39. The first kappa shape index (κ1) is 13.3. The number of hydrogen-bond acceptors (Lipinski definition) is 2. The van der Waals surface area contributed by atoms with E-state index in [0.29, 0.717) is 17.8 Å². The van der Waals surface area contributed by atoms with Crippen LogP contribution in [-0.2, 0) is 11.2 Å². The van der Waals surface area contributed by atoms with Gasteiger partial charge in [0.05, 0.1) is 0 Å². The van der Waals surface area contributed by atoms with Gasteiger partial charge in [0.1, 0.15) is 0 Å². The predicted octanol–water partition coefficient (Wildman–Crippen LogP) is 2.21. The fourth-order valence-corrected chi connectivity index (χ4v) is 4.59. The number of fused-ring (bicyclic) bond motifs is 3. The number of rotatable bonds is 3. The molecule has 0 bridgehead atoms. The van der Waals surface area contributed by atoms with Crippen LogP contribution in [-0.4, -0.2) is 18.5 Å². The number of hydrogen-bond donors (Lipinski definition) is 2. The molecule has 0 aliphatic heterocycles. The molecular weight excluding hydrogens is 260 g/mol. The van der Waals surface area contributed by atoms with Crippen LogP contribution in [0.15, 0.2) is 24.3 Å². The van der Waals surface area contributed by atoms with Crippen molar-refractivity contribution in [3.8, 4) is 0 Å². The molecule has 0 spiro atoms. The van der Waals surface area contributed by atoms with E-state index in [2.05, 4.69) is 29.6 Å². The average Bonchev–Trinajstić information content (AvgIpc) is 3.12. The van der Waals surface area contributed by atoms with E-state index in [1.54, 1.807) is 0 Å². The third-order valence-electron chi connectivity index (χ3n) is 5.89. The summed E-state index contributed by atoms with van der Waals surface area (Å²) in [5.41, 5.74) is 8.96. The van der Waals surface area contributed by atoms with E-state index in [0.717, 1.165) is 19.4 Å². The molecule has 0 heterocycles. The van der Waals surface area contributed by atoms with Gasteiger partial charge in [-0.1, -0.05) is 30.7 Å². The SMILES string of the molecule is NC1CCCC1CNC(=O)C1C2CCc3ccccc3C21. The van der Waals surface area contributed by atoms with Crippen LogP contribution < -0.4 is 11.1 Å². The molecule has 1 aromatic rings. The van der Waals surface area contributed by atoms with Crippen molar-refractivity contribution >= 4 is 5.91 Å². The number of aryl methyl sites for hydroxylation is 1. The Kier molecular flexibility index (Phi) is 3.26. The highest BCUT2D eigenvalue weighted by molar-refractivity contribution is 5.84. The molecular formula is C18H24N2O. The third-order valence-corrected chi connectivity index (χ3v) is 5.89. The molecule has 21 heavy (non-hydrogen) atoms. The molecule has 3 aliphatic rings. The number of amides is 1. The normalized spacial score (nSPS) is 36.7. The zero-order chi connectivity index (χ0) is 14.4. The van der Waals surface area contributed by atoms with Crippen LogP contribution in [0, 0.1) is 17.8 Å². The van der Waals surface area contributed by atoms with Crippen LogP contribution in [0.5, 0.6) is 0 Å². The lowest BCUT2D eigenvalue weighted by Crippen LogP contribution is -2.37. The first-order chi connectivity index (χ1) is 10.3. The number of carbonyl (C=O) groups is 1. The first-order valence-electron chi connectivity index (χ1n) is 8.37. The standard InChI is InChI=1S/C18H24N2O/c19-15-7-3-5-12(15)10-20-18(21)17-14-9-8-11-4-1-2-6-13(11)16(14)17/h1-2,4,6,12,14-17H,3,5,7-10,19H2,(H,20,21). The fraction of sp³-hybridized carbons (Fsp3) is 0.611. The highest BCUT2D eigenvalue weighted by Crippen LogP contribution is 2.59. The van der Waals surface area contributed by atoms with Gasteiger partial charge in [0.25, 0.3) is 0 Å². The molecule has 1 amide bonds. The van der Waals surface area contributed by atoms with E-state index in [1.165, 1.54) is 30.4 Å². The lowest BCUT2D eigenvalue weighted by atomic mass is 9.92. The van der Waals surface area contributed by atoms with Crippen molar-refractivity contribution < 1.29 is 4.79 Å². The van der Waals surface area contributed by atoms with Gasteiger partial charge in [0, 0.05) is 18.5 Å². The van der Waals surface area contributed by atoms with Gasteiger partial charge in [-0.05, 0) is 54.6 Å². The van der Waals surface area contributed by atoms with Gasteiger partial charge >= 0.3 is 0 Å². The molecule has 0 radical (unpaired) electrons. The van der Waals surface area contributed by atoms with E-state index in [-0.39, 0.29) is 17.9 Å². The lowest BCUT2D eigenvalue weighted by molar-refractivity contribution is -0.122. The van der Waals surface area contributed by atoms with Crippen LogP contribution in [0.4, 0.5) is 0 Å². The van der Waals surface area contributed by atoms with E-state index >= 15 is 0 Å². The second-order valence-corrected chi connectivity index (χ2v) is 7.05. The fourth-order valence-electron chi connectivity index (χ4n) is 4.59. The van der Waals surface area contributed by atoms with Crippen LogP contribution >= 0.6 is 0 Å². The van der Waals surface area contributed by atoms with Crippen molar-refractivity contribution in [1.29, 1.82) is 0 Å². The monoisotopic (exact) mass is 284 g/mol. The van der Waals surface area contributed by atoms with E-state index in [4.69, 9.17) is 5.73 Å². The maximum absolute atomic E-state index is 12.5. The van der Waals surface area contributed by atoms with Crippen molar-refractivity contribution in [2.45, 2.75) is 44.1 Å². The molecule has 0 aromatic heterocycles. The Bertz CT molecular complexity index is 556. The molecule has 2 fully saturated rings. The molecule has 3 nitrogen and oxygen atoms in total. The first-order valence-corrected chi connectivity index (χ1v) is 8.37. The van der Waals surface area contributed by atoms with Gasteiger partial charge < -0.3 is 11.1 Å². The molecule has 5 unspecified atom stereocenters. The zero-order valence-corrected chi connectivity index (χ0v) is 12.4. The third kappa shape index (κ3) is 2.28.